The number of piperidine rings is 1. The van der Waals surface area contributed by atoms with Gasteiger partial charge >= 0.3 is 0 Å². The first kappa shape index (κ1) is 12.5. The molecule has 3 aliphatic rings. The van der Waals surface area contributed by atoms with Crippen LogP contribution < -0.4 is 4.74 Å². The molecule has 0 saturated carbocycles. The number of allylic oxidation sites excluding steroid dienone is 2. The van der Waals surface area contributed by atoms with Gasteiger partial charge in [0, 0.05) is 11.5 Å². The van der Waals surface area contributed by atoms with E-state index in [1.54, 1.807) is 12.7 Å². The minimum Gasteiger partial charge on any atom is -0.497 e. The molecule has 0 unspecified atom stereocenters. The van der Waals surface area contributed by atoms with E-state index in [4.69, 9.17) is 4.74 Å². The molecular weight excluding hydrogens is 246 g/mol. The van der Waals surface area contributed by atoms with Gasteiger partial charge in [0.2, 0.25) is 0 Å². The lowest BCUT2D eigenvalue weighted by Gasteiger charge is -2.56. The van der Waals surface area contributed by atoms with Gasteiger partial charge in [-0.25, -0.2) is 0 Å². The highest BCUT2D eigenvalue weighted by atomic mass is 16.5. The summed E-state index contributed by atoms with van der Waals surface area (Å²) in [7, 11) is 4.08. The highest BCUT2D eigenvalue weighted by Gasteiger charge is 2.51. The molecule has 4 rings (SSSR count). The van der Waals surface area contributed by atoms with Crippen molar-refractivity contribution in [2.75, 3.05) is 20.7 Å². The minimum absolute atomic E-state index is 0.275. The minimum atomic E-state index is 0.275. The van der Waals surface area contributed by atoms with Gasteiger partial charge in [0.25, 0.3) is 0 Å². The molecule has 1 heterocycles. The summed E-state index contributed by atoms with van der Waals surface area (Å²) in [6.07, 6.45) is 9.97. The van der Waals surface area contributed by atoms with Gasteiger partial charge in [0.1, 0.15) is 5.75 Å². The van der Waals surface area contributed by atoms with Gasteiger partial charge in [0.15, 0.2) is 0 Å². The lowest BCUT2D eigenvalue weighted by atomic mass is 9.54. The molecule has 106 valence electrons. The van der Waals surface area contributed by atoms with Crippen molar-refractivity contribution >= 4 is 0 Å². The third kappa shape index (κ3) is 1.54. The number of methoxy groups -OCH3 is 1. The molecule has 2 aliphatic carbocycles. The summed E-state index contributed by atoms with van der Waals surface area (Å²) in [6.45, 7) is 1.21. The van der Waals surface area contributed by atoms with Gasteiger partial charge in [-0.15, -0.1) is 0 Å². The Hall–Kier alpha value is -1.28. The van der Waals surface area contributed by atoms with Crippen molar-refractivity contribution in [3.8, 4) is 5.75 Å². The average Bonchev–Trinajstić information content (AvgIpc) is 2.50. The van der Waals surface area contributed by atoms with Crippen LogP contribution in [0.1, 0.15) is 30.4 Å². The number of rotatable bonds is 1. The first-order chi connectivity index (χ1) is 9.74. The normalized spacial score (nSPS) is 35.3. The number of likely N-dealkylation sites (N-methyl/N-ethyl adjacent to an activating group) is 1. The number of hydrogen-bond acceptors (Lipinski definition) is 2. The fraction of sp³-hybridized carbons (Fsp3) is 0.556. The third-order valence-electron chi connectivity index (χ3n) is 5.88. The maximum absolute atomic E-state index is 5.48. The molecule has 0 aromatic heterocycles. The second-order valence-electron chi connectivity index (χ2n) is 6.65. The van der Waals surface area contributed by atoms with E-state index in [9.17, 15) is 0 Å². The Kier molecular flexibility index (Phi) is 2.71. The van der Waals surface area contributed by atoms with Crippen molar-refractivity contribution in [2.45, 2.75) is 37.1 Å². The average molecular weight is 269 g/mol. The smallest absolute Gasteiger partial charge is 0.119 e. The molecule has 0 spiro atoms. The zero-order valence-electron chi connectivity index (χ0n) is 12.4. The van der Waals surface area contributed by atoms with Gasteiger partial charge in [-0.1, -0.05) is 18.2 Å². The Labute approximate surface area is 121 Å². The summed E-state index contributed by atoms with van der Waals surface area (Å²) in [5, 5.41) is 0. The Morgan fingerprint density at radius 3 is 3.10 bits per heavy atom. The molecule has 0 N–H and O–H groups in total. The molecule has 1 aromatic carbocycles. The summed E-state index contributed by atoms with van der Waals surface area (Å²) in [6, 6.07) is 7.44. The highest BCUT2D eigenvalue weighted by molar-refractivity contribution is 5.48. The van der Waals surface area contributed by atoms with E-state index in [0.29, 0.717) is 0 Å². The maximum Gasteiger partial charge on any atom is 0.119 e. The quantitative estimate of drug-likeness (QED) is 0.726. The summed E-state index contributed by atoms with van der Waals surface area (Å²) in [4.78, 5) is 2.59. The second kappa shape index (κ2) is 4.36. The highest BCUT2D eigenvalue weighted by Crippen LogP contribution is 2.53. The molecule has 2 nitrogen and oxygen atoms in total. The van der Waals surface area contributed by atoms with Gasteiger partial charge in [0.05, 0.1) is 7.11 Å². The fourth-order valence-corrected chi connectivity index (χ4v) is 4.83. The monoisotopic (exact) mass is 269 g/mol. The van der Waals surface area contributed by atoms with E-state index >= 15 is 0 Å². The number of ether oxygens (including phenoxy) is 1. The predicted octanol–water partition coefficient (Wildman–Crippen LogP) is 3.16. The van der Waals surface area contributed by atoms with Gasteiger partial charge < -0.3 is 9.64 Å². The first-order valence-electron chi connectivity index (χ1n) is 7.80. The molecule has 1 fully saturated rings. The van der Waals surface area contributed by atoms with Crippen LogP contribution in [0.2, 0.25) is 0 Å². The molecule has 1 saturated heterocycles. The van der Waals surface area contributed by atoms with Crippen LogP contribution in [-0.4, -0.2) is 31.6 Å². The molecule has 3 atom stereocenters. The zero-order valence-corrected chi connectivity index (χ0v) is 12.4. The topological polar surface area (TPSA) is 12.5 Å². The van der Waals surface area contributed by atoms with E-state index in [1.165, 1.54) is 37.8 Å². The Balaban J connectivity index is 1.92. The maximum atomic E-state index is 5.48. The zero-order chi connectivity index (χ0) is 13.7. The Bertz CT molecular complexity index is 565. The summed E-state index contributed by atoms with van der Waals surface area (Å²) in [5.74, 6) is 1.79. The lowest BCUT2D eigenvalue weighted by Crippen LogP contribution is -2.58. The molecule has 2 bridgehead atoms. The van der Waals surface area contributed by atoms with Crippen LogP contribution in [0.5, 0.6) is 5.75 Å². The van der Waals surface area contributed by atoms with Crippen LogP contribution >= 0.6 is 0 Å². The number of nitrogens with zero attached hydrogens (tertiary/aromatic N) is 1. The molecule has 0 amide bonds. The van der Waals surface area contributed by atoms with E-state index in [1.807, 2.05) is 0 Å². The van der Waals surface area contributed by atoms with Gasteiger partial charge in [-0.2, -0.15) is 0 Å². The van der Waals surface area contributed by atoms with Crippen LogP contribution in [0.3, 0.4) is 0 Å². The summed E-state index contributed by atoms with van der Waals surface area (Å²) >= 11 is 0. The molecular formula is C18H23NO. The molecule has 20 heavy (non-hydrogen) atoms. The van der Waals surface area contributed by atoms with E-state index in [0.717, 1.165) is 17.7 Å². The Morgan fingerprint density at radius 2 is 2.25 bits per heavy atom. The second-order valence-corrected chi connectivity index (χ2v) is 6.65. The van der Waals surface area contributed by atoms with E-state index in [2.05, 4.69) is 42.3 Å². The lowest BCUT2D eigenvalue weighted by molar-refractivity contribution is 0.0453. The molecule has 1 aliphatic heterocycles. The first-order valence-corrected chi connectivity index (χ1v) is 7.80. The van der Waals surface area contributed by atoms with Crippen molar-refractivity contribution in [1.82, 2.24) is 4.90 Å². The fourth-order valence-electron chi connectivity index (χ4n) is 4.83. The van der Waals surface area contributed by atoms with E-state index in [-0.39, 0.29) is 5.41 Å². The van der Waals surface area contributed by atoms with E-state index < -0.39 is 0 Å². The van der Waals surface area contributed by atoms with Crippen molar-refractivity contribution in [3.63, 3.8) is 0 Å². The number of likely N-dealkylation sites (tertiary alicyclic amines) is 1. The summed E-state index contributed by atoms with van der Waals surface area (Å²) in [5.41, 5.74) is 3.35. The molecule has 1 aromatic rings. The van der Waals surface area contributed by atoms with Crippen LogP contribution in [0, 0.1) is 5.92 Å². The largest absolute Gasteiger partial charge is 0.497 e. The Morgan fingerprint density at radius 1 is 1.35 bits per heavy atom. The SMILES string of the molecule is COc1ccc2c(c1)[C@@]13C=CCC[C@H]1[C@@H](C2)N(C)CC3. The van der Waals surface area contributed by atoms with Gasteiger partial charge in [-0.05, 0) is 68.5 Å². The standard InChI is InChI=1S/C18H23NO/c1-19-10-9-18-8-4-3-5-15(18)17(19)11-13-6-7-14(20-2)12-16(13)18/h4,6-8,12,15,17H,3,5,9-11H2,1-2H3/t15-,17+,18+/m0/s1. The van der Waals surface area contributed by atoms with Crippen LogP contribution in [-0.2, 0) is 11.8 Å². The van der Waals surface area contributed by atoms with Crippen molar-refractivity contribution in [1.29, 1.82) is 0 Å². The van der Waals surface area contributed by atoms with Crippen LogP contribution in [0.15, 0.2) is 30.4 Å². The van der Waals surface area contributed by atoms with Gasteiger partial charge in [-0.3, -0.25) is 0 Å². The van der Waals surface area contributed by atoms with Crippen LogP contribution in [0.4, 0.5) is 0 Å². The van der Waals surface area contributed by atoms with Crippen LogP contribution in [0.25, 0.3) is 0 Å². The molecule has 2 heteroatoms. The van der Waals surface area contributed by atoms with Crippen molar-refractivity contribution in [2.24, 2.45) is 5.92 Å². The number of benzene rings is 1. The number of hydrogen-bond donors (Lipinski definition) is 0. The third-order valence-corrected chi connectivity index (χ3v) is 5.88. The number of fused-ring (bicyclic) bond motifs is 1. The van der Waals surface area contributed by atoms with Crippen molar-refractivity contribution in [3.05, 3.63) is 41.5 Å². The van der Waals surface area contributed by atoms with Crippen molar-refractivity contribution < 1.29 is 4.74 Å². The summed E-state index contributed by atoms with van der Waals surface area (Å²) < 4.78 is 5.48. The predicted molar refractivity (Wildman–Crippen MR) is 81.3 cm³/mol. The molecule has 0 radical (unpaired) electrons.